The molecule has 0 fully saturated rings. The van der Waals surface area contributed by atoms with Crippen LogP contribution < -0.4 is 14.9 Å². The minimum Gasteiger partial charge on any atom is -0.497 e. The fraction of sp³-hybridized carbons (Fsp3) is 0.0690. The van der Waals surface area contributed by atoms with Gasteiger partial charge in [0.25, 0.3) is 5.91 Å². The molecule has 0 bridgehead atoms. The second-order valence-corrected chi connectivity index (χ2v) is 7.65. The van der Waals surface area contributed by atoms with Crippen LogP contribution in [0.25, 0.3) is 11.1 Å². The molecule has 174 valence electrons. The number of hydrazone groups is 1. The Morgan fingerprint density at radius 1 is 0.743 bits per heavy atom. The number of Topliss-reactive ketones (excluding diaryl/α,β-unsaturated/α-hetero) is 1. The first-order valence-electron chi connectivity index (χ1n) is 11.0. The number of methoxy groups -OCH3 is 1. The lowest BCUT2D eigenvalue weighted by molar-refractivity contribution is 0.0920. The molecule has 35 heavy (non-hydrogen) atoms. The molecular weight excluding hydrogens is 440 g/mol. The average Bonchev–Trinajstić information content (AvgIpc) is 2.93. The molecule has 0 atom stereocenters. The van der Waals surface area contributed by atoms with E-state index in [-0.39, 0.29) is 18.3 Å². The van der Waals surface area contributed by atoms with Crippen LogP contribution in [0.3, 0.4) is 0 Å². The van der Waals surface area contributed by atoms with Crippen molar-refractivity contribution in [2.75, 3.05) is 13.7 Å². The van der Waals surface area contributed by atoms with Crippen LogP contribution in [0.1, 0.15) is 26.3 Å². The maximum Gasteiger partial charge on any atom is 0.271 e. The Morgan fingerprint density at radius 3 is 2.00 bits per heavy atom. The molecule has 0 aromatic heterocycles. The van der Waals surface area contributed by atoms with Gasteiger partial charge in [0, 0.05) is 11.1 Å². The first-order valence-corrected chi connectivity index (χ1v) is 11.0. The number of ketones is 1. The molecule has 0 aliphatic heterocycles. The van der Waals surface area contributed by atoms with E-state index in [0.29, 0.717) is 22.6 Å². The lowest BCUT2D eigenvalue weighted by Gasteiger charge is -2.07. The zero-order chi connectivity index (χ0) is 24.5. The van der Waals surface area contributed by atoms with Gasteiger partial charge < -0.3 is 9.47 Å². The minimum absolute atomic E-state index is 0.0595. The van der Waals surface area contributed by atoms with Crippen molar-refractivity contribution in [1.29, 1.82) is 0 Å². The van der Waals surface area contributed by atoms with Gasteiger partial charge in [0.2, 0.25) is 0 Å². The van der Waals surface area contributed by atoms with Gasteiger partial charge in [0.1, 0.15) is 11.5 Å². The van der Waals surface area contributed by atoms with Crippen molar-refractivity contribution in [1.82, 2.24) is 5.43 Å². The van der Waals surface area contributed by atoms with Crippen LogP contribution >= 0.6 is 0 Å². The second-order valence-electron chi connectivity index (χ2n) is 7.65. The van der Waals surface area contributed by atoms with Gasteiger partial charge in [0.05, 0.1) is 13.3 Å². The molecule has 0 heterocycles. The normalized spacial score (nSPS) is 10.7. The summed E-state index contributed by atoms with van der Waals surface area (Å²) < 4.78 is 10.7. The van der Waals surface area contributed by atoms with Gasteiger partial charge >= 0.3 is 0 Å². The van der Waals surface area contributed by atoms with Crippen LogP contribution in [0.15, 0.2) is 108 Å². The maximum absolute atomic E-state index is 12.5. The van der Waals surface area contributed by atoms with Crippen molar-refractivity contribution < 1.29 is 19.1 Å². The average molecular weight is 465 g/mol. The first-order chi connectivity index (χ1) is 17.1. The molecule has 0 spiro atoms. The molecule has 1 N–H and O–H groups in total. The van der Waals surface area contributed by atoms with Gasteiger partial charge in [-0.25, -0.2) is 5.43 Å². The van der Waals surface area contributed by atoms with E-state index in [4.69, 9.17) is 9.47 Å². The fourth-order valence-electron chi connectivity index (χ4n) is 3.33. The van der Waals surface area contributed by atoms with E-state index in [2.05, 4.69) is 10.5 Å². The van der Waals surface area contributed by atoms with Crippen LogP contribution in [0.4, 0.5) is 0 Å². The van der Waals surface area contributed by atoms with Crippen molar-refractivity contribution >= 4 is 17.9 Å². The summed E-state index contributed by atoms with van der Waals surface area (Å²) in [5.74, 6) is 0.823. The topological polar surface area (TPSA) is 77.0 Å². The third-order valence-electron chi connectivity index (χ3n) is 5.30. The quantitative estimate of drug-likeness (QED) is 0.205. The van der Waals surface area contributed by atoms with Gasteiger partial charge in [-0.3, -0.25) is 9.59 Å². The van der Waals surface area contributed by atoms with E-state index in [0.717, 1.165) is 16.7 Å². The van der Waals surface area contributed by atoms with Crippen LogP contribution in [0.5, 0.6) is 11.5 Å². The Bertz CT molecular complexity index is 1300. The second kappa shape index (κ2) is 11.4. The lowest BCUT2D eigenvalue weighted by Crippen LogP contribution is -2.17. The molecule has 4 aromatic rings. The molecule has 0 aliphatic carbocycles. The summed E-state index contributed by atoms with van der Waals surface area (Å²) in [6.45, 7) is -0.0595. The summed E-state index contributed by atoms with van der Waals surface area (Å²) in [5, 5.41) is 3.98. The van der Waals surface area contributed by atoms with Gasteiger partial charge in [-0.2, -0.15) is 5.10 Å². The Morgan fingerprint density at radius 2 is 1.34 bits per heavy atom. The predicted octanol–water partition coefficient (Wildman–Crippen LogP) is 5.39. The number of hydrogen-bond acceptors (Lipinski definition) is 5. The SMILES string of the molecule is COc1ccc(C(=O)NN=Cc2ccc(OCC(=O)c3ccc(-c4ccccc4)cc3)cc2)cc1. The summed E-state index contributed by atoms with van der Waals surface area (Å²) in [5.41, 5.74) is 6.49. The standard InChI is InChI=1S/C29H24N2O4/c1-34-26-17-13-25(14-18-26)29(33)31-30-19-21-7-15-27(16-8-21)35-20-28(32)24-11-9-23(10-12-24)22-5-3-2-4-6-22/h2-19H,20H2,1H3,(H,31,33). The zero-order valence-corrected chi connectivity index (χ0v) is 19.2. The number of benzene rings is 4. The van der Waals surface area contributed by atoms with Crippen molar-refractivity contribution in [2.45, 2.75) is 0 Å². The number of hydrogen-bond donors (Lipinski definition) is 1. The minimum atomic E-state index is -0.320. The number of rotatable bonds is 9. The van der Waals surface area contributed by atoms with Crippen LogP contribution in [-0.4, -0.2) is 31.6 Å². The number of nitrogens with one attached hydrogen (secondary N) is 1. The van der Waals surface area contributed by atoms with Crippen LogP contribution in [0.2, 0.25) is 0 Å². The Kier molecular flexibility index (Phi) is 7.66. The van der Waals surface area contributed by atoms with Gasteiger partial charge in [0.15, 0.2) is 12.4 Å². The van der Waals surface area contributed by atoms with Crippen molar-refractivity contribution in [2.24, 2.45) is 5.10 Å². The highest BCUT2D eigenvalue weighted by molar-refractivity contribution is 5.97. The molecule has 0 saturated heterocycles. The van der Waals surface area contributed by atoms with Gasteiger partial charge in [-0.15, -0.1) is 0 Å². The molecule has 1 amide bonds. The number of carbonyl (C=O) groups excluding carboxylic acids is 2. The maximum atomic E-state index is 12.5. The van der Waals surface area contributed by atoms with E-state index in [1.165, 1.54) is 6.21 Å². The highest BCUT2D eigenvalue weighted by Gasteiger charge is 2.08. The molecule has 4 aromatic carbocycles. The fourth-order valence-corrected chi connectivity index (χ4v) is 3.33. The predicted molar refractivity (Wildman–Crippen MR) is 136 cm³/mol. The summed E-state index contributed by atoms with van der Waals surface area (Å²) in [7, 11) is 1.57. The van der Waals surface area contributed by atoms with E-state index in [1.54, 1.807) is 55.6 Å². The Hall–Kier alpha value is -4.71. The summed E-state index contributed by atoms with van der Waals surface area (Å²) in [6, 6.07) is 31.3. The van der Waals surface area contributed by atoms with Crippen molar-refractivity contribution in [3.63, 3.8) is 0 Å². The number of amides is 1. The van der Waals surface area contributed by atoms with E-state index in [9.17, 15) is 9.59 Å². The highest BCUT2D eigenvalue weighted by Crippen LogP contribution is 2.20. The van der Waals surface area contributed by atoms with Gasteiger partial charge in [-0.05, 0) is 65.2 Å². The molecule has 0 unspecified atom stereocenters. The van der Waals surface area contributed by atoms with Crippen LogP contribution in [0, 0.1) is 0 Å². The molecule has 0 radical (unpaired) electrons. The number of carbonyl (C=O) groups is 2. The third kappa shape index (κ3) is 6.42. The third-order valence-corrected chi connectivity index (χ3v) is 5.30. The molecule has 6 heteroatoms. The van der Waals surface area contributed by atoms with Crippen LogP contribution in [-0.2, 0) is 0 Å². The molecule has 0 aliphatic rings. The smallest absolute Gasteiger partial charge is 0.271 e. The van der Waals surface area contributed by atoms with E-state index < -0.39 is 0 Å². The first kappa shape index (κ1) is 23.4. The molecular formula is C29H24N2O4. The highest BCUT2D eigenvalue weighted by atomic mass is 16.5. The molecule has 6 nitrogen and oxygen atoms in total. The number of ether oxygens (including phenoxy) is 2. The van der Waals surface area contributed by atoms with E-state index in [1.807, 2.05) is 54.6 Å². The lowest BCUT2D eigenvalue weighted by atomic mass is 10.0. The summed E-state index contributed by atoms with van der Waals surface area (Å²) in [4.78, 5) is 24.6. The molecule has 4 rings (SSSR count). The largest absolute Gasteiger partial charge is 0.497 e. The van der Waals surface area contributed by atoms with Gasteiger partial charge in [-0.1, -0.05) is 54.6 Å². The Labute approximate surface area is 203 Å². The summed E-state index contributed by atoms with van der Waals surface area (Å²) >= 11 is 0. The summed E-state index contributed by atoms with van der Waals surface area (Å²) in [6.07, 6.45) is 1.53. The molecule has 0 saturated carbocycles. The monoisotopic (exact) mass is 464 g/mol. The van der Waals surface area contributed by atoms with E-state index >= 15 is 0 Å². The van der Waals surface area contributed by atoms with Crippen molar-refractivity contribution in [3.8, 4) is 22.6 Å². The number of nitrogens with zero attached hydrogens (tertiary/aromatic N) is 1. The zero-order valence-electron chi connectivity index (χ0n) is 19.2. The Balaban J connectivity index is 1.26. The van der Waals surface area contributed by atoms with Crippen molar-refractivity contribution in [3.05, 3.63) is 120 Å².